The summed E-state index contributed by atoms with van der Waals surface area (Å²) in [6, 6.07) is 8.12. The number of aromatic nitrogens is 1. The minimum absolute atomic E-state index is 0.598. The third-order valence-corrected chi connectivity index (χ3v) is 4.05. The van der Waals surface area contributed by atoms with Crippen LogP contribution >= 0.6 is 0 Å². The molecule has 3 N–H and O–H groups in total. The lowest BCUT2D eigenvalue weighted by molar-refractivity contribution is 0.969. The zero-order valence-electron chi connectivity index (χ0n) is 11.1. The molecule has 2 heterocycles. The van der Waals surface area contributed by atoms with Gasteiger partial charge in [0.25, 0.3) is 0 Å². The fraction of sp³-hybridized carbons (Fsp3) is 0.118. The number of benzene rings is 1. The third kappa shape index (κ3) is 1.43. The zero-order chi connectivity index (χ0) is 13.7. The molecule has 0 unspecified atom stereocenters. The maximum atomic E-state index is 8.40. The van der Waals surface area contributed by atoms with Crippen LogP contribution in [0.25, 0.3) is 23.2 Å². The first-order valence-electron chi connectivity index (χ1n) is 6.81. The smallest absolute Gasteiger partial charge is 0.0887 e. The molecule has 0 radical (unpaired) electrons. The van der Waals surface area contributed by atoms with Gasteiger partial charge >= 0.3 is 0 Å². The molecule has 0 amide bonds. The highest BCUT2D eigenvalue weighted by atomic mass is 15.0. The van der Waals surface area contributed by atoms with Gasteiger partial charge in [0.05, 0.1) is 16.8 Å². The van der Waals surface area contributed by atoms with Crippen LogP contribution in [0.4, 0.5) is 0 Å². The van der Waals surface area contributed by atoms with E-state index in [1.807, 2.05) is 18.2 Å². The predicted molar refractivity (Wildman–Crippen MR) is 82.7 cm³/mol. The van der Waals surface area contributed by atoms with Crippen LogP contribution in [0.2, 0.25) is 0 Å². The third-order valence-electron chi connectivity index (χ3n) is 4.05. The minimum atomic E-state index is 0.598. The number of nitrogens with one attached hydrogen (secondary N) is 3. The monoisotopic (exact) mass is 261 g/mol. The normalized spacial score (nSPS) is 20.5. The van der Waals surface area contributed by atoms with Gasteiger partial charge in [-0.05, 0) is 25.0 Å². The van der Waals surface area contributed by atoms with Gasteiger partial charge in [0.2, 0.25) is 0 Å². The van der Waals surface area contributed by atoms with Gasteiger partial charge < -0.3 is 10.3 Å². The molecule has 0 atom stereocenters. The van der Waals surface area contributed by atoms with Crippen molar-refractivity contribution < 1.29 is 0 Å². The predicted octanol–water partition coefficient (Wildman–Crippen LogP) is 1.91. The summed E-state index contributed by atoms with van der Waals surface area (Å²) in [5.41, 5.74) is 4.69. The van der Waals surface area contributed by atoms with E-state index in [9.17, 15) is 0 Å². The standard InChI is InChI=1S/C17H15N3/c1-10-11-6-2-4-8-13(11)19-16(10)17-15(18)12-7-3-5-9-14(12)20-17/h2,4-6,8-9,18-20H,1,3,7H2/b17-16+,18-15?. The molecule has 3 nitrogen and oxygen atoms in total. The highest BCUT2D eigenvalue weighted by Gasteiger charge is 2.25. The quantitative estimate of drug-likeness (QED) is 0.666. The molecule has 0 fully saturated rings. The Hall–Kier alpha value is -2.55. The summed E-state index contributed by atoms with van der Waals surface area (Å²) < 4.78 is 0. The topological polar surface area (TPSA) is 51.7 Å². The van der Waals surface area contributed by atoms with Gasteiger partial charge in [-0.15, -0.1) is 0 Å². The summed E-state index contributed by atoms with van der Waals surface area (Å²) in [6.45, 7) is 4.18. The van der Waals surface area contributed by atoms with Gasteiger partial charge in [-0.1, -0.05) is 30.9 Å². The molecule has 0 saturated carbocycles. The maximum Gasteiger partial charge on any atom is 0.0887 e. The van der Waals surface area contributed by atoms with Crippen LogP contribution in [0.1, 0.15) is 12.8 Å². The van der Waals surface area contributed by atoms with E-state index < -0.39 is 0 Å². The first kappa shape index (κ1) is 11.3. The number of H-pyrrole nitrogens is 1. The number of para-hydroxylation sites is 1. The second-order valence-corrected chi connectivity index (χ2v) is 5.23. The summed E-state index contributed by atoms with van der Waals surface area (Å²) in [7, 11) is 0. The van der Waals surface area contributed by atoms with E-state index in [0.29, 0.717) is 5.71 Å². The molecule has 2 aromatic rings. The largest absolute Gasteiger partial charge is 0.353 e. The van der Waals surface area contributed by atoms with Crippen molar-refractivity contribution in [3.63, 3.8) is 0 Å². The molecule has 98 valence electrons. The van der Waals surface area contributed by atoms with Crippen molar-refractivity contribution in [1.29, 1.82) is 5.41 Å². The highest BCUT2D eigenvalue weighted by Crippen LogP contribution is 2.26. The van der Waals surface area contributed by atoms with Crippen molar-refractivity contribution in [3.8, 4) is 0 Å². The summed E-state index contributed by atoms with van der Waals surface area (Å²) in [4.78, 5) is 3.39. The average molecular weight is 261 g/mol. The Balaban J connectivity index is 2.00. The Morgan fingerprint density at radius 3 is 2.85 bits per heavy atom. The maximum absolute atomic E-state index is 8.40. The highest BCUT2D eigenvalue weighted by molar-refractivity contribution is 6.28. The molecule has 4 rings (SSSR count). The Kier molecular flexibility index (Phi) is 2.24. The first-order valence-corrected chi connectivity index (χ1v) is 6.81. The SMILES string of the molecule is C=c1/c(=C2\NC3=C(CCC=C3)C2=N)[nH]c2ccccc12. The summed E-state index contributed by atoms with van der Waals surface area (Å²) in [5, 5.41) is 14.8. The lowest BCUT2D eigenvalue weighted by atomic mass is 10.00. The molecule has 1 aliphatic carbocycles. The summed E-state index contributed by atoms with van der Waals surface area (Å²) >= 11 is 0. The Morgan fingerprint density at radius 1 is 1.20 bits per heavy atom. The van der Waals surface area contributed by atoms with E-state index in [1.165, 1.54) is 0 Å². The van der Waals surface area contributed by atoms with Gasteiger partial charge in [0.1, 0.15) is 0 Å². The molecule has 20 heavy (non-hydrogen) atoms. The van der Waals surface area contributed by atoms with Gasteiger partial charge in [-0.2, -0.15) is 0 Å². The fourth-order valence-electron chi connectivity index (χ4n) is 2.99. The molecule has 0 bridgehead atoms. The van der Waals surface area contributed by atoms with Crippen molar-refractivity contribution in [2.45, 2.75) is 12.8 Å². The van der Waals surface area contributed by atoms with Gasteiger partial charge in [0, 0.05) is 27.4 Å². The number of fused-ring (bicyclic) bond motifs is 1. The van der Waals surface area contributed by atoms with Crippen molar-refractivity contribution in [3.05, 3.63) is 58.3 Å². The Morgan fingerprint density at radius 2 is 2.05 bits per heavy atom. The van der Waals surface area contributed by atoms with E-state index >= 15 is 0 Å². The number of hydrogen-bond acceptors (Lipinski definition) is 2. The molecule has 3 heteroatoms. The van der Waals surface area contributed by atoms with E-state index in [1.54, 1.807) is 0 Å². The summed E-state index contributed by atoms with van der Waals surface area (Å²) in [5.74, 6) is 0. The van der Waals surface area contributed by atoms with Crippen LogP contribution in [0.3, 0.4) is 0 Å². The van der Waals surface area contributed by atoms with Crippen molar-refractivity contribution >= 4 is 28.9 Å². The van der Waals surface area contributed by atoms with Crippen LogP contribution in [-0.4, -0.2) is 10.7 Å². The van der Waals surface area contributed by atoms with Crippen LogP contribution in [0, 0.1) is 5.41 Å². The van der Waals surface area contributed by atoms with Crippen molar-refractivity contribution in [2.75, 3.05) is 0 Å². The van der Waals surface area contributed by atoms with Gasteiger partial charge in [-0.3, -0.25) is 5.41 Å². The number of aromatic amines is 1. The lowest BCUT2D eigenvalue weighted by Gasteiger charge is -2.04. The second-order valence-electron chi connectivity index (χ2n) is 5.23. The van der Waals surface area contributed by atoms with Gasteiger partial charge in [-0.25, -0.2) is 0 Å². The van der Waals surface area contributed by atoms with Crippen LogP contribution in [-0.2, 0) is 0 Å². The number of hydrogen-bond donors (Lipinski definition) is 3. The minimum Gasteiger partial charge on any atom is -0.353 e. The van der Waals surface area contributed by atoms with Crippen LogP contribution in [0.15, 0.2) is 47.7 Å². The van der Waals surface area contributed by atoms with E-state index in [2.05, 4.69) is 35.1 Å². The molecular formula is C17H15N3. The molecular weight excluding hydrogens is 246 g/mol. The second kappa shape index (κ2) is 3.97. The van der Waals surface area contributed by atoms with Crippen LogP contribution in [0.5, 0.6) is 0 Å². The Labute approximate surface area is 116 Å². The molecule has 2 aliphatic rings. The zero-order valence-corrected chi connectivity index (χ0v) is 11.1. The average Bonchev–Trinajstić information content (AvgIpc) is 2.98. The number of rotatable bonds is 0. The molecule has 1 aliphatic heterocycles. The first-order chi connectivity index (χ1) is 9.75. The van der Waals surface area contributed by atoms with Crippen molar-refractivity contribution in [2.24, 2.45) is 0 Å². The van der Waals surface area contributed by atoms with E-state index in [0.717, 1.165) is 51.3 Å². The Bertz CT molecular complexity index is 909. The van der Waals surface area contributed by atoms with Crippen LogP contribution < -0.4 is 15.9 Å². The van der Waals surface area contributed by atoms with E-state index in [4.69, 9.17) is 5.41 Å². The lowest BCUT2D eigenvalue weighted by Crippen LogP contribution is -2.30. The van der Waals surface area contributed by atoms with Crippen molar-refractivity contribution in [1.82, 2.24) is 10.3 Å². The molecule has 1 aromatic carbocycles. The van der Waals surface area contributed by atoms with E-state index in [-0.39, 0.29) is 0 Å². The molecule has 1 aromatic heterocycles. The summed E-state index contributed by atoms with van der Waals surface area (Å²) in [6.07, 6.45) is 6.18. The fourth-order valence-corrected chi connectivity index (χ4v) is 2.99. The van der Waals surface area contributed by atoms with Gasteiger partial charge in [0.15, 0.2) is 0 Å². The number of allylic oxidation sites excluding steroid dienone is 2. The molecule has 0 saturated heterocycles. The molecule has 0 spiro atoms.